The predicted octanol–water partition coefficient (Wildman–Crippen LogP) is 3.34. The minimum absolute atomic E-state index is 0.0137. The predicted molar refractivity (Wildman–Crippen MR) is 115 cm³/mol. The third kappa shape index (κ3) is 3.85. The first-order chi connectivity index (χ1) is 16.4. The van der Waals surface area contributed by atoms with Crippen LogP contribution in [0.2, 0.25) is 0 Å². The van der Waals surface area contributed by atoms with Gasteiger partial charge in [0.05, 0.1) is 11.9 Å². The summed E-state index contributed by atoms with van der Waals surface area (Å²) in [4.78, 5) is 27.8. The molecule has 2 aromatic heterocycles. The number of hydrogen-bond acceptors (Lipinski definition) is 5. The molecule has 1 aliphatic rings. The van der Waals surface area contributed by atoms with E-state index >= 15 is 0 Å². The summed E-state index contributed by atoms with van der Waals surface area (Å²) in [5.41, 5.74) is -0.564. The van der Waals surface area contributed by atoms with E-state index in [1.807, 2.05) is 0 Å². The van der Waals surface area contributed by atoms with Gasteiger partial charge in [0.25, 0.3) is 17.9 Å². The van der Waals surface area contributed by atoms with Crippen molar-refractivity contribution < 1.29 is 27.4 Å². The number of nitrogens with zero attached hydrogens (tertiary/aromatic N) is 2. The van der Waals surface area contributed by atoms with Crippen LogP contribution in [-0.2, 0) is 0 Å². The van der Waals surface area contributed by atoms with Crippen molar-refractivity contribution in [1.82, 2.24) is 19.9 Å². The van der Waals surface area contributed by atoms with Crippen LogP contribution in [0.25, 0.3) is 16.8 Å². The molecule has 1 unspecified atom stereocenters. The van der Waals surface area contributed by atoms with Crippen molar-refractivity contribution >= 4 is 11.4 Å². The average molecular weight is 470 g/mol. The zero-order valence-electron chi connectivity index (χ0n) is 17.4. The summed E-state index contributed by atoms with van der Waals surface area (Å²) in [7, 11) is 0. The van der Waals surface area contributed by atoms with Gasteiger partial charge in [0.1, 0.15) is 24.8 Å². The van der Waals surface area contributed by atoms with Crippen LogP contribution in [0.5, 0.6) is 11.5 Å². The van der Waals surface area contributed by atoms with Gasteiger partial charge in [0.15, 0.2) is 23.0 Å². The molecule has 0 fully saturated rings. The summed E-state index contributed by atoms with van der Waals surface area (Å²) in [6.07, 6.45) is -1.54. The van der Waals surface area contributed by atoms with Crippen LogP contribution in [0, 0.1) is 5.82 Å². The van der Waals surface area contributed by atoms with Crippen LogP contribution >= 0.6 is 0 Å². The van der Waals surface area contributed by atoms with Crippen LogP contribution in [0.4, 0.5) is 13.2 Å². The molecule has 2 N–H and O–H groups in total. The fourth-order valence-electron chi connectivity index (χ4n) is 3.71. The maximum Gasteiger partial charge on any atom is 0.274 e. The Labute approximate surface area is 189 Å². The molecule has 1 atom stereocenters. The average Bonchev–Trinajstić information content (AvgIpc) is 3.28. The smallest absolute Gasteiger partial charge is 0.274 e. The topological polar surface area (TPSA) is 97.7 Å². The van der Waals surface area contributed by atoms with E-state index in [0.29, 0.717) is 6.61 Å². The molecule has 0 saturated carbocycles. The van der Waals surface area contributed by atoms with Gasteiger partial charge in [0, 0.05) is 11.6 Å². The van der Waals surface area contributed by atoms with E-state index in [2.05, 4.69) is 15.4 Å². The zero-order chi connectivity index (χ0) is 23.8. The van der Waals surface area contributed by atoms with Crippen molar-refractivity contribution in [3.63, 3.8) is 0 Å². The van der Waals surface area contributed by atoms with E-state index in [1.54, 1.807) is 18.2 Å². The number of fused-ring (bicyclic) bond motifs is 2. The minimum Gasteiger partial charge on any atom is -0.486 e. The van der Waals surface area contributed by atoms with Gasteiger partial charge in [-0.2, -0.15) is 5.10 Å². The minimum atomic E-state index is -2.86. The van der Waals surface area contributed by atoms with Crippen LogP contribution < -0.4 is 20.3 Å². The Morgan fingerprint density at radius 1 is 1.12 bits per heavy atom. The van der Waals surface area contributed by atoms with Crippen molar-refractivity contribution in [2.45, 2.75) is 12.5 Å². The molecule has 4 aromatic rings. The Kier molecular flexibility index (Phi) is 5.44. The lowest BCUT2D eigenvalue weighted by Gasteiger charge is -2.19. The highest BCUT2D eigenvalue weighted by Crippen LogP contribution is 2.37. The Bertz CT molecular complexity index is 1440. The van der Waals surface area contributed by atoms with Gasteiger partial charge in [-0.05, 0) is 17.7 Å². The quantitative estimate of drug-likeness (QED) is 0.466. The van der Waals surface area contributed by atoms with Gasteiger partial charge < -0.3 is 19.8 Å². The fourth-order valence-corrected chi connectivity index (χ4v) is 3.71. The van der Waals surface area contributed by atoms with Crippen LogP contribution in [0.1, 0.15) is 22.1 Å². The molecule has 1 amide bonds. The zero-order valence-corrected chi connectivity index (χ0v) is 17.4. The number of benzene rings is 2. The largest absolute Gasteiger partial charge is 0.486 e. The summed E-state index contributed by atoms with van der Waals surface area (Å²) in [6.45, 7) is 0.479. The van der Waals surface area contributed by atoms with Gasteiger partial charge in [-0.25, -0.2) is 17.7 Å². The number of alkyl halides is 2. The maximum absolute atomic E-state index is 15.0. The number of ether oxygens (including phenoxy) is 2. The number of carbonyl (C=O) groups is 1. The summed E-state index contributed by atoms with van der Waals surface area (Å²) in [6, 6.07) is 10.3. The van der Waals surface area contributed by atoms with E-state index in [0.717, 1.165) is 4.52 Å². The molecule has 1 aliphatic heterocycles. The highest BCUT2D eigenvalue weighted by atomic mass is 19.3. The van der Waals surface area contributed by atoms with Crippen LogP contribution in [0.15, 0.2) is 59.5 Å². The molecular formula is C23H17F3N4O4. The molecule has 0 bridgehead atoms. The molecular weight excluding hydrogens is 453 g/mol. The van der Waals surface area contributed by atoms with E-state index in [-0.39, 0.29) is 46.1 Å². The molecule has 2 aromatic carbocycles. The summed E-state index contributed by atoms with van der Waals surface area (Å²) in [5.74, 6) is -1.42. The number of carbonyl (C=O) groups excluding carboxylic acids is 1. The Morgan fingerprint density at radius 3 is 2.65 bits per heavy atom. The highest BCUT2D eigenvalue weighted by Gasteiger charge is 2.26. The SMILES string of the molecule is O=C(NC(c1ccccc1)C(F)F)c1cc2c(=O)[nH]c(-c3ccc4c(c3F)OCCO4)cn2n1. The van der Waals surface area contributed by atoms with E-state index in [1.165, 1.54) is 36.5 Å². The second-order valence-electron chi connectivity index (χ2n) is 7.50. The molecule has 5 rings (SSSR count). The third-order valence-electron chi connectivity index (χ3n) is 5.34. The van der Waals surface area contributed by atoms with E-state index < -0.39 is 29.8 Å². The fraction of sp³-hybridized carbons (Fsp3) is 0.174. The molecule has 0 saturated heterocycles. The van der Waals surface area contributed by atoms with Crippen molar-refractivity contribution in [1.29, 1.82) is 0 Å². The maximum atomic E-state index is 15.0. The molecule has 0 aliphatic carbocycles. The van der Waals surface area contributed by atoms with Crippen molar-refractivity contribution in [3.8, 4) is 22.8 Å². The van der Waals surface area contributed by atoms with E-state index in [9.17, 15) is 22.8 Å². The van der Waals surface area contributed by atoms with Gasteiger partial charge in [-0.15, -0.1) is 0 Å². The first-order valence-corrected chi connectivity index (χ1v) is 10.3. The van der Waals surface area contributed by atoms with Gasteiger partial charge in [-0.1, -0.05) is 30.3 Å². The van der Waals surface area contributed by atoms with Crippen LogP contribution in [0.3, 0.4) is 0 Å². The van der Waals surface area contributed by atoms with Crippen molar-refractivity contribution in [2.24, 2.45) is 0 Å². The Morgan fingerprint density at radius 2 is 1.88 bits per heavy atom. The number of aromatic amines is 1. The molecule has 0 spiro atoms. The lowest BCUT2D eigenvalue weighted by molar-refractivity contribution is 0.0740. The molecule has 3 heterocycles. The standard InChI is InChI=1S/C23H17F3N4O4/c24-18-13(6-7-17-20(18)34-9-8-33-17)15-11-30-16(23(32)27-15)10-14(29-30)22(31)28-19(21(25)26)12-4-2-1-3-5-12/h1-7,10-11,19,21H,8-9H2,(H,27,32)(H,28,31). The van der Waals surface area contributed by atoms with Crippen molar-refractivity contribution in [2.75, 3.05) is 13.2 Å². The van der Waals surface area contributed by atoms with Crippen molar-refractivity contribution in [3.05, 3.63) is 82.2 Å². The molecule has 8 nitrogen and oxygen atoms in total. The molecule has 34 heavy (non-hydrogen) atoms. The number of rotatable bonds is 5. The molecule has 174 valence electrons. The summed E-state index contributed by atoms with van der Waals surface area (Å²) >= 11 is 0. The molecule has 11 heteroatoms. The second kappa shape index (κ2) is 8.58. The second-order valence-corrected chi connectivity index (χ2v) is 7.50. The number of H-pyrrole nitrogens is 1. The van der Waals surface area contributed by atoms with Gasteiger partial charge >= 0.3 is 0 Å². The van der Waals surface area contributed by atoms with Crippen LogP contribution in [-0.4, -0.2) is 40.1 Å². The van der Waals surface area contributed by atoms with Gasteiger partial charge in [0.2, 0.25) is 0 Å². The lowest BCUT2D eigenvalue weighted by atomic mass is 10.1. The summed E-state index contributed by atoms with van der Waals surface area (Å²) in [5, 5.41) is 6.30. The van der Waals surface area contributed by atoms with E-state index in [4.69, 9.17) is 9.47 Å². The highest BCUT2D eigenvalue weighted by molar-refractivity contribution is 5.93. The number of hydrogen-bond donors (Lipinski definition) is 2. The number of nitrogens with one attached hydrogen (secondary N) is 2. The first kappa shape index (κ1) is 21.6. The number of aromatic nitrogens is 3. The number of amides is 1. The summed E-state index contributed by atoms with van der Waals surface area (Å²) < 4.78 is 53.9. The third-order valence-corrected chi connectivity index (χ3v) is 5.34. The normalized spacial score (nSPS) is 13.8. The Balaban J connectivity index is 1.48. The Hall–Kier alpha value is -4.28. The first-order valence-electron chi connectivity index (χ1n) is 10.3. The monoisotopic (exact) mass is 470 g/mol. The molecule has 0 radical (unpaired) electrons. The van der Waals surface area contributed by atoms with Gasteiger partial charge in [-0.3, -0.25) is 9.59 Å². The number of halogens is 3. The lowest BCUT2D eigenvalue weighted by Crippen LogP contribution is -2.33.